The number of hydrogen-bond acceptors (Lipinski definition) is 4. The molecule has 0 saturated carbocycles. The molecule has 0 rings (SSSR count). The van der Waals surface area contributed by atoms with E-state index in [1.54, 1.807) is 13.8 Å². The van der Waals surface area contributed by atoms with E-state index >= 15 is 0 Å². The minimum Gasteiger partial charge on any atom is -0.481 e. The number of carbonyl (C=O) groups is 3. The molecule has 0 aromatic heterocycles. The van der Waals surface area contributed by atoms with Crippen LogP contribution >= 0.6 is 0 Å². The summed E-state index contributed by atoms with van der Waals surface area (Å²) in [4.78, 5) is 33.7. The van der Waals surface area contributed by atoms with Crippen molar-refractivity contribution in [3.8, 4) is 0 Å². The first-order valence-electron chi connectivity index (χ1n) is 6.41. The maximum Gasteiger partial charge on any atom is 0.328 e. The van der Waals surface area contributed by atoms with Crippen molar-refractivity contribution in [2.75, 3.05) is 6.61 Å². The Kier molecular flexibility index (Phi) is 7.79. The number of aliphatic carboxylic acids is 1. The van der Waals surface area contributed by atoms with Crippen LogP contribution in [0.4, 0.5) is 0 Å². The van der Waals surface area contributed by atoms with Gasteiger partial charge in [-0.2, -0.15) is 0 Å². The van der Waals surface area contributed by atoms with Gasteiger partial charge < -0.3 is 15.2 Å². The number of rotatable bonds is 8. The summed E-state index contributed by atoms with van der Waals surface area (Å²) in [6, 6.07) is -0.736. The SMILES string of the molecule is CC(C)COC(=O)[C@@H](NC(=O)CCC(=O)O)C(C)C. The van der Waals surface area contributed by atoms with Crippen LogP contribution in [0.1, 0.15) is 40.5 Å². The van der Waals surface area contributed by atoms with E-state index < -0.39 is 23.9 Å². The van der Waals surface area contributed by atoms with Crippen molar-refractivity contribution in [1.29, 1.82) is 0 Å². The average Bonchev–Trinajstić information content (AvgIpc) is 2.29. The topological polar surface area (TPSA) is 92.7 Å². The molecular formula is C13H23NO5. The molecule has 1 amide bonds. The molecule has 19 heavy (non-hydrogen) atoms. The molecule has 0 spiro atoms. The second-order valence-corrected chi connectivity index (χ2v) is 5.21. The molecule has 0 radical (unpaired) electrons. The van der Waals surface area contributed by atoms with Crippen molar-refractivity contribution in [3.63, 3.8) is 0 Å². The number of nitrogens with one attached hydrogen (secondary N) is 1. The number of carboxylic acid groups (broad SMARTS) is 1. The lowest BCUT2D eigenvalue weighted by atomic mass is 10.0. The van der Waals surface area contributed by atoms with E-state index in [2.05, 4.69) is 5.32 Å². The van der Waals surface area contributed by atoms with Crippen LogP contribution < -0.4 is 5.32 Å². The fourth-order valence-corrected chi connectivity index (χ4v) is 1.30. The summed E-state index contributed by atoms with van der Waals surface area (Å²) >= 11 is 0. The molecule has 6 heteroatoms. The minimum absolute atomic E-state index is 0.117. The van der Waals surface area contributed by atoms with Gasteiger partial charge in [0.25, 0.3) is 0 Å². The normalized spacial score (nSPS) is 12.3. The molecule has 0 aliphatic carbocycles. The van der Waals surface area contributed by atoms with E-state index in [1.807, 2.05) is 13.8 Å². The summed E-state index contributed by atoms with van der Waals surface area (Å²) in [5.41, 5.74) is 0. The number of hydrogen-bond donors (Lipinski definition) is 2. The lowest BCUT2D eigenvalue weighted by Gasteiger charge is -2.21. The number of carboxylic acids is 1. The van der Waals surface area contributed by atoms with Gasteiger partial charge in [-0.1, -0.05) is 27.7 Å². The highest BCUT2D eigenvalue weighted by Gasteiger charge is 2.25. The molecule has 0 aliphatic heterocycles. The number of esters is 1. The van der Waals surface area contributed by atoms with Crippen molar-refractivity contribution < 1.29 is 24.2 Å². The predicted octanol–water partition coefficient (Wildman–Crippen LogP) is 1.19. The van der Waals surface area contributed by atoms with Gasteiger partial charge in [0.15, 0.2) is 0 Å². The zero-order chi connectivity index (χ0) is 15.0. The largest absolute Gasteiger partial charge is 0.481 e. The van der Waals surface area contributed by atoms with Crippen LogP contribution in [0.25, 0.3) is 0 Å². The minimum atomic E-state index is -1.04. The second-order valence-electron chi connectivity index (χ2n) is 5.21. The molecule has 0 aromatic rings. The van der Waals surface area contributed by atoms with Crippen molar-refractivity contribution in [1.82, 2.24) is 5.32 Å². The van der Waals surface area contributed by atoms with E-state index in [-0.39, 0.29) is 24.7 Å². The molecule has 2 N–H and O–H groups in total. The summed E-state index contributed by atoms with van der Waals surface area (Å²) < 4.78 is 5.08. The molecule has 6 nitrogen and oxygen atoms in total. The molecular weight excluding hydrogens is 250 g/mol. The molecule has 0 aromatic carbocycles. The first-order valence-corrected chi connectivity index (χ1v) is 6.41. The van der Waals surface area contributed by atoms with Gasteiger partial charge >= 0.3 is 11.9 Å². The quantitative estimate of drug-likeness (QED) is 0.648. The molecule has 0 aliphatic rings. The van der Waals surface area contributed by atoms with E-state index in [0.29, 0.717) is 6.61 Å². The molecule has 1 atom stereocenters. The second kappa shape index (κ2) is 8.50. The average molecular weight is 273 g/mol. The van der Waals surface area contributed by atoms with Gasteiger partial charge in [0.1, 0.15) is 6.04 Å². The van der Waals surface area contributed by atoms with Gasteiger partial charge in [-0.15, -0.1) is 0 Å². The van der Waals surface area contributed by atoms with Crippen LogP contribution in [-0.2, 0) is 19.1 Å². The molecule has 110 valence electrons. The fourth-order valence-electron chi connectivity index (χ4n) is 1.30. The Bertz CT molecular complexity index is 325. The van der Waals surface area contributed by atoms with Crippen molar-refractivity contribution in [3.05, 3.63) is 0 Å². The van der Waals surface area contributed by atoms with Gasteiger partial charge in [-0.25, -0.2) is 4.79 Å². The molecule has 0 fully saturated rings. The zero-order valence-electron chi connectivity index (χ0n) is 11.9. The Balaban J connectivity index is 4.36. The summed E-state index contributed by atoms with van der Waals surface area (Å²) in [5, 5.41) is 11.0. The summed E-state index contributed by atoms with van der Waals surface area (Å²) in [6.45, 7) is 7.72. The number of carbonyl (C=O) groups excluding carboxylic acids is 2. The van der Waals surface area contributed by atoms with E-state index in [9.17, 15) is 14.4 Å². The van der Waals surface area contributed by atoms with Crippen LogP contribution in [0.15, 0.2) is 0 Å². The standard InChI is InChI=1S/C13H23NO5/c1-8(2)7-19-13(18)12(9(3)4)14-10(15)5-6-11(16)17/h8-9,12H,5-7H2,1-4H3,(H,14,15)(H,16,17)/t12-/m0/s1. The molecule has 0 unspecified atom stereocenters. The zero-order valence-corrected chi connectivity index (χ0v) is 11.9. The van der Waals surface area contributed by atoms with Crippen molar-refractivity contribution >= 4 is 17.8 Å². The number of ether oxygens (including phenoxy) is 1. The highest BCUT2D eigenvalue weighted by atomic mass is 16.5. The maximum atomic E-state index is 11.8. The Morgan fingerprint density at radius 3 is 2.11 bits per heavy atom. The molecule has 0 heterocycles. The van der Waals surface area contributed by atoms with E-state index in [4.69, 9.17) is 9.84 Å². The third-order valence-electron chi connectivity index (χ3n) is 2.36. The van der Waals surface area contributed by atoms with Gasteiger partial charge in [0.05, 0.1) is 13.0 Å². The van der Waals surface area contributed by atoms with E-state index in [1.165, 1.54) is 0 Å². The van der Waals surface area contributed by atoms with Crippen LogP contribution in [0.2, 0.25) is 0 Å². The monoisotopic (exact) mass is 273 g/mol. The van der Waals surface area contributed by atoms with Crippen LogP contribution in [0, 0.1) is 11.8 Å². The highest BCUT2D eigenvalue weighted by Crippen LogP contribution is 2.06. The van der Waals surface area contributed by atoms with Crippen LogP contribution in [0.5, 0.6) is 0 Å². The summed E-state index contributed by atoms with van der Waals surface area (Å²) in [5.74, 6) is -1.87. The Labute approximate surface area is 113 Å². The Hall–Kier alpha value is -1.59. The van der Waals surface area contributed by atoms with Gasteiger partial charge in [0, 0.05) is 6.42 Å². The number of amides is 1. The molecule has 0 saturated heterocycles. The third-order valence-corrected chi connectivity index (χ3v) is 2.36. The Morgan fingerprint density at radius 1 is 1.11 bits per heavy atom. The van der Waals surface area contributed by atoms with E-state index in [0.717, 1.165) is 0 Å². The first kappa shape index (κ1) is 17.4. The van der Waals surface area contributed by atoms with Crippen LogP contribution in [-0.4, -0.2) is 35.6 Å². The summed E-state index contributed by atoms with van der Waals surface area (Å²) in [6.07, 6.45) is -0.395. The predicted molar refractivity (Wildman–Crippen MR) is 69.4 cm³/mol. The van der Waals surface area contributed by atoms with Gasteiger partial charge in [-0.05, 0) is 11.8 Å². The molecule has 0 bridgehead atoms. The van der Waals surface area contributed by atoms with Crippen molar-refractivity contribution in [2.45, 2.75) is 46.6 Å². The lowest BCUT2D eigenvalue weighted by Crippen LogP contribution is -2.45. The van der Waals surface area contributed by atoms with Crippen molar-refractivity contribution in [2.24, 2.45) is 11.8 Å². The highest BCUT2D eigenvalue weighted by molar-refractivity contribution is 5.86. The van der Waals surface area contributed by atoms with Crippen LogP contribution in [0.3, 0.4) is 0 Å². The maximum absolute atomic E-state index is 11.8. The lowest BCUT2D eigenvalue weighted by molar-refractivity contribution is -0.150. The third kappa shape index (κ3) is 8.18. The smallest absolute Gasteiger partial charge is 0.328 e. The fraction of sp³-hybridized carbons (Fsp3) is 0.769. The van der Waals surface area contributed by atoms with Gasteiger partial charge in [0.2, 0.25) is 5.91 Å². The van der Waals surface area contributed by atoms with Gasteiger partial charge in [-0.3, -0.25) is 9.59 Å². The summed E-state index contributed by atoms with van der Waals surface area (Å²) in [7, 11) is 0. The first-order chi connectivity index (χ1) is 8.73. The Morgan fingerprint density at radius 2 is 1.68 bits per heavy atom.